The molecule has 0 aliphatic heterocycles. The lowest BCUT2D eigenvalue weighted by atomic mass is 10.0. The minimum atomic E-state index is 0.279. The average molecular weight is 323 g/mol. The average Bonchev–Trinajstić information content (AvgIpc) is 2.69. The van der Waals surface area contributed by atoms with Crippen LogP contribution >= 0.6 is 0 Å². The molecule has 3 aromatic carbocycles. The van der Waals surface area contributed by atoms with E-state index in [0.29, 0.717) is 0 Å². The molecule has 0 unspecified atom stereocenters. The third-order valence-electron chi connectivity index (χ3n) is 4.08. The standard InChI is InChI=1S/C22H17N3/c23-22-24-20(17-10-5-2-6-11-17)15-21(25-22)19-13-7-12-18(14-19)16-8-3-1-4-9-16/h1-15H,(H2,23,24,25). The number of aromatic nitrogens is 2. The van der Waals surface area contributed by atoms with Gasteiger partial charge in [-0.3, -0.25) is 0 Å². The van der Waals surface area contributed by atoms with E-state index < -0.39 is 0 Å². The van der Waals surface area contributed by atoms with Gasteiger partial charge < -0.3 is 5.73 Å². The SMILES string of the molecule is Nc1nc(-c2ccccc2)cc(-c2cccc(-c3ccccc3)c2)n1. The highest BCUT2D eigenvalue weighted by Gasteiger charge is 2.08. The van der Waals surface area contributed by atoms with Crippen molar-refractivity contribution in [3.8, 4) is 33.6 Å². The molecule has 0 saturated carbocycles. The van der Waals surface area contributed by atoms with Gasteiger partial charge in [0.2, 0.25) is 5.95 Å². The van der Waals surface area contributed by atoms with Gasteiger partial charge in [0.1, 0.15) is 0 Å². The molecule has 1 heterocycles. The molecule has 3 heteroatoms. The van der Waals surface area contributed by atoms with Crippen LogP contribution < -0.4 is 5.73 Å². The number of nitrogen functional groups attached to an aromatic ring is 1. The van der Waals surface area contributed by atoms with Gasteiger partial charge in [0.25, 0.3) is 0 Å². The number of hydrogen-bond acceptors (Lipinski definition) is 3. The summed E-state index contributed by atoms with van der Waals surface area (Å²) >= 11 is 0. The Morgan fingerprint density at radius 2 is 1.00 bits per heavy atom. The molecule has 4 rings (SSSR count). The first kappa shape index (κ1) is 15.1. The summed E-state index contributed by atoms with van der Waals surface area (Å²) in [6.45, 7) is 0. The molecule has 0 amide bonds. The van der Waals surface area contributed by atoms with Crippen LogP contribution in [0.3, 0.4) is 0 Å². The Balaban J connectivity index is 1.79. The van der Waals surface area contributed by atoms with Gasteiger partial charge in [0.05, 0.1) is 11.4 Å². The number of nitrogens with zero attached hydrogens (tertiary/aromatic N) is 2. The Hall–Kier alpha value is -3.46. The molecule has 1 aromatic heterocycles. The molecule has 0 aliphatic rings. The summed E-state index contributed by atoms with van der Waals surface area (Å²) in [6.07, 6.45) is 0. The number of anilines is 1. The maximum absolute atomic E-state index is 5.96. The fraction of sp³-hybridized carbons (Fsp3) is 0. The molecule has 0 saturated heterocycles. The summed E-state index contributed by atoms with van der Waals surface area (Å²) in [6, 6.07) is 30.6. The molecule has 0 fully saturated rings. The van der Waals surface area contributed by atoms with Gasteiger partial charge >= 0.3 is 0 Å². The lowest BCUT2D eigenvalue weighted by Crippen LogP contribution is -1.98. The zero-order chi connectivity index (χ0) is 17.1. The first-order valence-corrected chi connectivity index (χ1v) is 8.15. The fourth-order valence-corrected chi connectivity index (χ4v) is 2.86. The van der Waals surface area contributed by atoms with Crippen molar-refractivity contribution in [1.29, 1.82) is 0 Å². The molecule has 4 aromatic rings. The van der Waals surface area contributed by atoms with Crippen molar-refractivity contribution >= 4 is 5.95 Å². The van der Waals surface area contributed by atoms with Crippen molar-refractivity contribution in [2.75, 3.05) is 5.73 Å². The predicted octanol–water partition coefficient (Wildman–Crippen LogP) is 5.06. The van der Waals surface area contributed by atoms with Crippen LogP contribution in [0.15, 0.2) is 91.0 Å². The molecule has 25 heavy (non-hydrogen) atoms. The quantitative estimate of drug-likeness (QED) is 0.573. The molecule has 0 spiro atoms. The maximum atomic E-state index is 5.96. The molecule has 0 bridgehead atoms. The fourth-order valence-electron chi connectivity index (χ4n) is 2.86. The summed E-state index contributed by atoms with van der Waals surface area (Å²) in [7, 11) is 0. The third-order valence-corrected chi connectivity index (χ3v) is 4.08. The number of rotatable bonds is 3. The van der Waals surface area contributed by atoms with E-state index in [1.165, 1.54) is 5.56 Å². The van der Waals surface area contributed by atoms with Crippen molar-refractivity contribution in [3.63, 3.8) is 0 Å². The Bertz CT molecular complexity index is 996. The molecule has 0 radical (unpaired) electrons. The molecule has 3 nitrogen and oxygen atoms in total. The third kappa shape index (κ3) is 3.26. The van der Waals surface area contributed by atoms with Crippen LogP contribution in [0.1, 0.15) is 0 Å². The topological polar surface area (TPSA) is 51.8 Å². The normalized spacial score (nSPS) is 10.6. The minimum absolute atomic E-state index is 0.279. The number of nitrogens with two attached hydrogens (primary N) is 1. The van der Waals surface area contributed by atoms with Crippen LogP contribution in [0.25, 0.3) is 33.6 Å². The van der Waals surface area contributed by atoms with E-state index in [2.05, 4.69) is 34.2 Å². The molecule has 0 atom stereocenters. The second-order valence-corrected chi connectivity index (χ2v) is 5.81. The predicted molar refractivity (Wildman–Crippen MR) is 103 cm³/mol. The Labute approximate surface area is 146 Å². The highest BCUT2D eigenvalue weighted by molar-refractivity contribution is 5.74. The highest BCUT2D eigenvalue weighted by atomic mass is 15.0. The van der Waals surface area contributed by atoms with Crippen LogP contribution in [0.4, 0.5) is 5.95 Å². The second kappa shape index (κ2) is 6.57. The van der Waals surface area contributed by atoms with Gasteiger partial charge in [0.15, 0.2) is 0 Å². The molecular formula is C22H17N3. The summed E-state index contributed by atoms with van der Waals surface area (Å²) in [4.78, 5) is 8.81. The Morgan fingerprint density at radius 1 is 0.480 bits per heavy atom. The number of benzene rings is 3. The van der Waals surface area contributed by atoms with Crippen LogP contribution in [-0.4, -0.2) is 9.97 Å². The Kier molecular flexibility index (Phi) is 3.97. The van der Waals surface area contributed by atoms with Crippen molar-refractivity contribution in [3.05, 3.63) is 91.0 Å². The first-order valence-electron chi connectivity index (χ1n) is 8.15. The van der Waals surface area contributed by atoms with Crippen LogP contribution in [0.5, 0.6) is 0 Å². The van der Waals surface area contributed by atoms with Crippen molar-refractivity contribution < 1.29 is 0 Å². The summed E-state index contributed by atoms with van der Waals surface area (Å²) in [5.41, 5.74) is 12.0. The zero-order valence-electron chi connectivity index (χ0n) is 13.6. The lowest BCUT2D eigenvalue weighted by molar-refractivity contribution is 1.19. The van der Waals surface area contributed by atoms with Gasteiger partial charge in [-0.1, -0.05) is 78.9 Å². The van der Waals surface area contributed by atoms with E-state index in [-0.39, 0.29) is 5.95 Å². The summed E-state index contributed by atoms with van der Waals surface area (Å²) < 4.78 is 0. The summed E-state index contributed by atoms with van der Waals surface area (Å²) in [5, 5.41) is 0. The lowest BCUT2D eigenvalue weighted by Gasteiger charge is -2.08. The van der Waals surface area contributed by atoms with E-state index in [1.807, 2.05) is 66.7 Å². The first-order chi connectivity index (χ1) is 12.3. The summed E-state index contributed by atoms with van der Waals surface area (Å²) in [5.74, 6) is 0.279. The van der Waals surface area contributed by atoms with Crippen molar-refractivity contribution in [1.82, 2.24) is 9.97 Å². The molecule has 0 aliphatic carbocycles. The molecular weight excluding hydrogens is 306 g/mol. The van der Waals surface area contributed by atoms with E-state index in [4.69, 9.17) is 5.73 Å². The van der Waals surface area contributed by atoms with E-state index in [9.17, 15) is 0 Å². The maximum Gasteiger partial charge on any atom is 0.221 e. The second-order valence-electron chi connectivity index (χ2n) is 5.81. The molecule has 2 N–H and O–H groups in total. The van der Waals surface area contributed by atoms with Crippen molar-refractivity contribution in [2.24, 2.45) is 0 Å². The van der Waals surface area contributed by atoms with E-state index in [0.717, 1.165) is 28.1 Å². The van der Waals surface area contributed by atoms with Gasteiger partial charge in [0, 0.05) is 11.1 Å². The number of hydrogen-bond donors (Lipinski definition) is 1. The van der Waals surface area contributed by atoms with Gasteiger partial charge in [-0.25, -0.2) is 9.97 Å². The monoisotopic (exact) mass is 323 g/mol. The highest BCUT2D eigenvalue weighted by Crippen LogP contribution is 2.28. The van der Waals surface area contributed by atoms with Crippen LogP contribution in [0, 0.1) is 0 Å². The molecule has 120 valence electrons. The van der Waals surface area contributed by atoms with Crippen LogP contribution in [0.2, 0.25) is 0 Å². The van der Waals surface area contributed by atoms with Gasteiger partial charge in [-0.15, -0.1) is 0 Å². The van der Waals surface area contributed by atoms with E-state index in [1.54, 1.807) is 0 Å². The smallest absolute Gasteiger partial charge is 0.221 e. The zero-order valence-corrected chi connectivity index (χ0v) is 13.6. The minimum Gasteiger partial charge on any atom is -0.368 e. The van der Waals surface area contributed by atoms with Gasteiger partial charge in [-0.05, 0) is 23.3 Å². The van der Waals surface area contributed by atoms with Crippen molar-refractivity contribution in [2.45, 2.75) is 0 Å². The van der Waals surface area contributed by atoms with E-state index >= 15 is 0 Å². The Morgan fingerprint density at radius 3 is 1.68 bits per heavy atom. The van der Waals surface area contributed by atoms with Crippen LogP contribution in [-0.2, 0) is 0 Å². The van der Waals surface area contributed by atoms with Gasteiger partial charge in [-0.2, -0.15) is 0 Å². The largest absolute Gasteiger partial charge is 0.368 e.